The van der Waals surface area contributed by atoms with Crippen molar-refractivity contribution in [3.8, 4) is 17.2 Å². The van der Waals surface area contributed by atoms with Crippen LogP contribution in [0.4, 0.5) is 33.7 Å². The number of benzene rings is 4. The van der Waals surface area contributed by atoms with Crippen LogP contribution in [-0.2, 0) is 6.18 Å². The number of methoxy groups -OCH3 is 1. The third-order valence-corrected chi connectivity index (χ3v) is 6.38. The van der Waals surface area contributed by atoms with Gasteiger partial charge in [-0.2, -0.15) is 13.2 Å². The van der Waals surface area contributed by atoms with E-state index in [1.165, 1.54) is 73.8 Å². The standard InChI is InChI=1S/C33H31F4N3O5/c1-32(2,3)40-30(42)24-17-21(38-31(43)39-22-14-16-28(44-4)26(41)18-22)13-15-27(24)45-29(23-7-5-6-8-25(23)34)19-9-11-20(12-10-19)33(35,36)37/h5-18,29,41H,1-4H3,(H,40,42)(H2,38,39,43). The second-order valence-corrected chi connectivity index (χ2v) is 11.0. The summed E-state index contributed by atoms with van der Waals surface area (Å²) in [6.45, 7) is 5.28. The maximum atomic E-state index is 15.0. The average Bonchev–Trinajstić information content (AvgIpc) is 2.96. The number of carbonyl (C=O) groups is 2. The van der Waals surface area contributed by atoms with Crippen LogP contribution >= 0.6 is 0 Å². The van der Waals surface area contributed by atoms with E-state index in [1.807, 2.05) is 0 Å². The summed E-state index contributed by atoms with van der Waals surface area (Å²) in [6, 6.07) is 17.5. The molecule has 45 heavy (non-hydrogen) atoms. The number of amides is 3. The number of phenolic OH excluding ortho intramolecular Hbond substituents is 1. The minimum atomic E-state index is -4.58. The van der Waals surface area contributed by atoms with Crippen molar-refractivity contribution >= 4 is 23.3 Å². The third-order valence-electron chi connectivity index (χ3n) is 6.38. The number of anilines is 2. The lowest BCUT2D eigenvalue weighted by Gasteiger charge is -2.25. The maximum absolute atomic E-state index is 15.0. The van der Waals surface area contributed by atoms with Crippen LogP contribution < -0.4 is 25.4 Å². The van der Waals surface area contributed by atoms with Crippen LogP contribution in [0, 0.1) is 5.82 Å². The Labute approximate surface area is 257 Å². The first-order chi connectivity index (χ1) is 21.1. The van der Waals surface area contributed by atoms with Crippen molar-refractivity contribution in [3.05, 3.63) is 113 Å². The summed E-state index contributed by atoms with van der Waals surface area (Å²) in [4.78, 5) is 26.2. The van der Waals surface area contributed by atoms with Crippen molar-refractivity contribution < 1.29 is 41.7 Å². The van der Waals surface area contributed by atoms with Crippen molar-refractivity contribution in [1.29, 1.82) is 0 Å². The van der Waals surface area contributed by atoms with Crippen molar-refractivity contribution in [2.75, 3.05) is 17.7 Å². The van der Waals surface area contributed by atoms with Gasteiger partial charge in [-0.05, 0) is 74.9 Å². The molecule has 0 saturated carbocycles. The number of hydrogen-bond donors (Lipinski definition) is 4. The number of hydrogen-bond acceptors (Lipinski definition) is 5. The highest BCUT2D eigenvalue weighted by Gasteiger charge is 2.31. The minimum absolute atomic E-state index is 0.0177. The van der Waals surface area contributed by atoms with Crippen LogP contribution in [0.3, 0.4) is 0 Å². The van der Waals surface area contributed by atoms with E-state index < -0.39 is 41.1 Å². The lowest BCUT2D eigenvalue weighted by atomic mass is 9.99. The van der Waals surface area contributed by atoms with Gasteiger partial charge in [0.25, 0.3) is 5.91 Å². The van der Waals surface area contributed by atoms with Gasteiger partial charge in [-0.1, -0.05) is 30.3 Å². The largest absolute Gasteiger partial charge is 0.504 e. The van der Waals surface area contributed by atoms with Crippen molar-refractivity contribution in [3.63, 3.8) is 0 Å². The van der Waals surface area contributed by atoms with Gasteiger partial charge >= 0.3 is 12.2 Å². The zero-order valence-electron chi connectivity index (χ0n) is 24.8. The fourth-order valence-electron chi connectivity index (χ4n) is 4.33. The highest BCUT2D eigenvalue weighted by molar-refractivity contribution is 6.02. The van der Waals surface area contributed by atoms with E-state index in [1.54, 1.807) is 26.8 Å². The van der Waals surface area contributed by atoms with Gasteiger partial charge < -0.3 is 30.5 Å². The number of carbonyl (C=O) groups excluding carboxylic acids is 2. The van der Waals surface area contributed by atoms with Gasteiger partial charge in [-0.3, -0.25) is 4.79 Å². The number of aromatic hydroxyl groups is 1. The highest BCUT2D eigenvalue weighted by atomic mass is 19.4. The molecule has 4 N–H and O–H groups in total. The summed E-state index contributed by atoms with van der Waals surface area (Å²) >= 11 is 0. The van der Waals surface area contributed by atoms with Crippen molar-refractivity contribution in [2.24, 2.45) is 0 Å². The van der Waals surface area contributed by atoms with E-state index in [-0.39, 0.29) is 45.3 Å². The van der Waals surface area contributed by atoms with E-state index >= 15 is 4.39 Å². The molecule has 0 aliphatic carbocycles. The molecule has 4 aromatic rings. The molecule has 12 heteroatoms. The first-order valence-electron chi connectivity index (χ1n) is 13.6. The number of urea groups is 1. The van der Waals surface area contributed by atoms with Crippen LogP contribution in [0.5, 0.6) is 17.2 Å². The van der Waals surface area contributed by atoms with Crippen LogP contribution in [0.15, 0.2) is 84.9 Å². The zero-order chi connectivity index (χ0) is 32.9. The molecule has 0 heterocycles. The molecular formula is C33H31F4N3O5. The second-order valence-electron chi connectivity index (χ2n) is 11.0. The topological polar surface area (TPSA) is 109 Å². The molecule has 4 aromatic carbocycles. The van der Waals surface area contributed by atoms with Crippen LogP contribution in [0.1, 0.15) is 53.9 Å². The molecule has 0 aliphatic rings. The number of ether oxygens (including phenoxy) is 2. The van der Waals surface area contributed by atoms with Gasteiger partial charge in [-0.15, -0.1) is 0 Å². The van der Waals surface area contributed by atoms with Gasteiger partial charge in [0, 0.05) is 28.5 Å². The normalized spacial score (nSPS) is 12.2. The molecule has 0 fully saturated rings. The van der Waals surface area contributed by atoms with Gasteiger partial charge in [0.15, 0.2) is 17.6 Å². The molecule has 0 bridgehead atoms. The summed E-state index contributed by atoms with van der Waals surface area (Å²) in [5.41, 5.74) is -0.901. The predicted molar refractivity (Wildman–Crippen MR) is 161 cm³/mol. The summed E-state index contributed by atoms with van der Waals surface area (Å²) in [5.74, 6) is -1.23. The monoisotopic (exact) mass is 625 g/mol. The van der Waals surface area contributed by atoms with Crippen LogP contribution in [0.2, 0.25) is 0 Å². The highest BCUT2D eigenvalue weighted by Crippen LogP contribution is 2.36. The molecule has 3 amide bonds. The molecule has 0 radical (unpaired) electrons. The number of halogens is 4. The number of nitrogens with one attached hydrogen (secondary N) is 3. The molecule has 0 aliphatic heterocycles. The summed E-state index contributed by atoms with van der Waals surface area (Å²) in [5, 5.41) is 18.0. The Morgan fingerprint density at radius 2 is 1.42 bits per heavy atom. The minimum Gasteiger partial charge on any atom is -0.504 e. The number of phenols is 1. The Balaban J connectivity index is 1.69. The fourth-order valence-corrected chi connectivity index (χ4v) is 4.33. The Kier molecular flexibility index (Phi) is 9.55. The quantitative estimate of drug-likeness (QED) is 0.149. The molecular weight excluding hydrogens is 594 g/mol. The molecule has 4 rings (SSSR count). The van der Waals surface area contributed by atoms with Crippen LogP contribution in [-0.4, -0.2) is 29.7 Å². The van der Waals surface area contributed by atoms with Gasteiger partial charge in [-0.25, -0.2) is 9.18 Å². The fraction of sp³-hybridized carbons (Fsp3) is 0.212. The SMILES string of the molecule is COc1ccc(NC(=O)Nc2ccc(OC(c3ccc(C(F)(F)F)cc3)c3ccccc3F)c(C(=O)NC(C)(C)C)c2)cc1O. The van der Waals surface area contributed by atoms with Crippen molar-refractivity contribution in [1.82, 2.24) is 5.32 Å². The third kappa shape index (κ3) is 8.43. The lowest BCUT2D eigenvalue weighted by Crippen LogP contribution is -2.40. The maximum Gasteiger partial charge on any atom is 0.416 e. The first-order valence-corrected chi connectivity index (χ1v) is 13.6. The van der Waals surface area contributed by atoms with E-state index in [0.717, 1.165) is 12.1 Å². The van der Waals surface area contributed by atoms with Gasteiger partial charge in [0.05, 0.1) is 18.2 Å². The zero-order valence-corrected chi connectivity index (χ0v) is 24.8. The Hall–Kier alpha value is -5.26. The molecule has 1 unspecified atom stereocenters. The first kappa shape index (κ1) is 32.6. The Morgan fingerprint density at radius 3 is 1.98 bits per heavy atom. The van der Waals surface area contributed by atoms with E-state index in [9.17, 15) is 27.9 Å². The number of alkyl halides is 3. The van der Waals surface area contributed by atoms with E-state index in [2.05, 4.69) is 16.0 Å². The second kappa shape index (κ2) is 13.2. The molecule has 1 atom stereocenters. The van der Waals surface area contributed by atoms with Gasteiger partial charge in [0.2, 0.25) is 0 Å². The summed E-state index contributed by atoms with van der Waals surface area (Å²) in [7, 11) is 1.39. The van der Waals surface area contributed by atoms with Crippen molar-refractivity contribution in [2.45, 2.75) is 38.6 Å². The number of rotatable bonds is 8. The Morgan fingerprint density at radius 1 is 0.822 bits per heavy atom. The molecule has 236 valence electrons. The lowest BCUT2D eigenvalue weighted by molar-refractivity contribution is -0.137. The summed E-state index contributed by atoms with van der Waals surface area (Å²) < 4.78 is 65.9. The smallest absolute Gasteiger partial charge is 0.416 e. The molecule has 8 nitrogen and oxygen atoms in total. The molecule has 0 saturated heterocycles. The summed E-state index contributed by atoms with van der Waals surface area (Å²) in [6.07, 6.45) is -5.81. The van der Waals surface area contributed by atoms with Crippen LogP contribution in [0.25, 0.3) is 0 Å². The predicted octanol–water partition coefficient (Wildman–Crippen LogP) is 7.90. The van der Waals surface area contributed by atoms with E-state index in [0.29, 0.717) is 0 Å². The average molecular weight is 626 g/mol. The Bertz CT molecular complexity index is 1690. The molecule has 0 spiro atoms. The molecule has 0 aromatic heterocycles. The van der Waals surface area contributed by atoms with Gasteiger partial charge in [0.1, 0.15) is 11.6 Å². The van der Waals surface area contributed by atoms with E-state index in [4.69, 9.17) is 9.47 Å².